The second-order valence-corrected chi connectivity index (χ2v) is 3.27. The van der Waals surface area contributed by atoms with Crippen LogP contribution >= 0.6 is 0 Å². The highest BCUT2D eigenvalue weighted by Crippen LogP contribution is 2.10. The lowest BCUT2D eigenvalue weighted by molar-refractivity contribution is -0.132. The van der Waals surface area contributed by atoms with Crippen LogP contribution < -0.4 is 0 Å². The Kier molecular flexibility index (Phi) is 4.08. The summed E-state index contributed by atoms with van der Waals surface area (Å²) in [6.07, 6.45) is 4.66. The number of rotatable bonds is 3. The van der Waals surface area contributed by atoms with E-state index in [-0.39, 0.29) is 12.5 Å². The first-order valence-electron chi connectivity index (χ1n) is 4.73. The summed E-state index contributed by atoms with van der Waals surface area (Å²) in [4.78, 5) is 13.3. The van der Waals surface area contributed by atoms with Gasteiger partial charge in [-0.05, 0) is 25.7 Å². The molecule has 0 aliphatic carbocycles. The quantitative estimate of drug-likeness (QED) is 0.681. The van der Waals surface area contributed by atoms with Gasteiger partial charge in [0.2, 0.25) is 5.91 Å². The number of aliphatic hydroxyl groups excluding tert-OH is 1. The highest BCUT2D eigenvalue weighted by molar-refractivity contribution is 5.76. The first-order chi connectivity index (χ1) is 5.84. The Bertz CT molecular complexity index is 141. The normalized spacial score (nSPS) is 17.9. The molecule has 1 aliphatic heterocycles. The highest BCUT2D eigenvalue weighted by atomic mass is 16.3. The SMILES string of the molecule is O=C(CCCO)N1CCCCC1. The first kappa shape index (κ1) is 9.52. The fourth-order valence-electron chi connectivity index (χ4n) is 1.53. The molecule has 0 atom stereocenters. The van der Waals surface area contributed by atoms with Crippen molar-refractivity contribution in [3.63, 3.8) is 0 Å². The Balaban J connectivity index is 2.20. The van der Waals surface area contributed by atoms with Gasteiger partial charge in [-0.25, -0.2) is 0 Å². The van der Waals surface area contributed by atoms with Crippen molar-refractivity contribution < 1.29 is 9.90 Å². The number of hydrogen-bond donors (Lipinski definition) is 1. The summed E-state index contributed by atoms with van der Waals surface area (Å²) in [6, 6.07) is 0. The molecule has 70 valence electrons. The monoisotopic (exact) mass is 171 g/mol. The Morgan fingerprint density at radius 3 is 2.50 bits per heavy atom. The predicted octanol–water partition coefficient (Wildman–Crippen LogP) is 0.771. The second-order valence-electron chi connectivity index (χ2n) is 3.27. The van der Waals surface area contributed by atoms with Crippen LogP contribution in [-0.4, -0.2) is 35.6 Å². The van der Waals surface area contributed by atoms with E-state index in [1.807, 2.05) is 4.90 Å². The Morgan fingerprint density at radius 2 is 1.92 bits per heavy atom. The standard InChI is InChI=1S/C9H17NO2/c11-8-4-5-9(12)10-6-2-1-3-7-10/h11H,1-8H2. The third-order valence-corrected chi connectivity index (χ3v) is 2.26. The Morgan fingerprint density at radius 1 is 1.25 bits per heavy atom. The number of hydrogen-bond acceptors (Lipinski definition) is 2. The van der Waals surface area contributed by atoms with E-state index >= 15 is 0 Å². The van der Waals surface area contributed by atoms with Gasteiger partial charge in [-0.3, -0.25) is 4.79 Å². The first-order valence-corrected chi connectivity index (χ1v) is 4.73. The molecule has 1 heterocycles. The molecule has 3 nitrogen and oxygen atoms in total. The molecule has 3 heteroatoms. The maximum Gasteiger partial charge on any atom is 0.222 e. The van der Waals surface area contributed by atoms with Crippen LogP contribution in [0.2, 0.25) is 0 Å². The van der Waals surface area contributed by atoms with E-state index in [2.05, 4.69) is 0 Å². The van der Waals surface area contributed by atoms with E-state index in [9.17, 15) is 4.79 Å². The molecule has 1 saturated heterocycles. The molecule has 0 spiro atoms. The van der Waals surface area contributed by atoms with Crippen molar-refractivity contribution in [1.29, 1.82) is 0 Å². The zero-order valence-electron chi connectivity index (χ0n) is 7.46. The van der Waals surface area contributed by atoms with Crippen LogP contribution in [0, 0.1) is 0 Å². The van der Waals surface area contributed by atoms with Crippen molar-refractivity contribution >= 4 is 5.91 Å². The maximum atomic E-state index is 11.4. The van der Waals surface area contributed by atoms with Crippen molar-refractivity contribution in [1.82, 2.24) is 4.90 Å². The number of carbonyl (C=O) groups is 1. The van der Waals surface area contributed by atoms with Crippen molar-refractivity contribution in [3.8, 4) is 0 Å². The molecule has 0 bridgehead atoms. The Hall–Kier alpha value is -0.570. The van der Waals surface area contributed by atoms with Gasteiger partial charge in [0.25, 0.3) is 0 Å². The molecule has 1 rings (SSSR count). The molecule has 0 unspecified atom stereocenters. The van der Waals surface area contributed by atoms with E-state index in [1.54, 1.807) is 0 Å². The zero-order valence-corrected chi connectivity index (χ0v) is 7.46. The van der Waals surface area contributed by atoms with Crippen LogP contribution in [0.5, 0.6) is 0 Å². The van der Waals surface area contributed by atoms with Gasteiger partial charge in [0.1, 0.15) is 0 Å². The van der Waals surface area contributed by atoms with Gasteiger partial charge in [0.15, 0.2) is 0 Å². The van der Waals surface area contributed by atoms with Crippen molar-refractivity contribution in [2.75, 3.05) is 19.7 Å². The summed E-state index contributed by atoms with van der Waals surface area (Å²) in [5, 5.41) is 8.54. The smallest absolute Gasteiger partial charge is 0.222 e. The summed E-state index contributed by atoms with van der Waals surface area (Å²) in [6.45, 7) is 1.97. The minimum Gasteiger partial charge on any atom is -0.396 e. The number of likely N-dealkylation sites (tertiary alicyclic amines) is 1. The third kappa shape index (κ3) is 2.81. The lowest BCUT2D eigenvalue weighted by atomic mass is 10.1. The summed E-state index contributed by atoms with van der Waals surface area (Å²) < 4.78 is 0. The summed E-state index contributed by atoms with van der Waals surface area (Å²) in [5.74, 6) is 0.212. The number of aliphatic hydroxyl groups is 1. The van der Waals surface area contributed by atoms with Crippen LogP contribution in [-0.2, 0) is 4.79 Å². The van der Waals surface area contributed by atoms with Gasteiger partial charge in [0, 0.05) is 26.1 Å². The minimum absolute atomic E-state index is 0.125. The van der Waals surface area contributed by atoms with Crippen LogP contribution in [0.15, 0.2) is 0 Å². The molecule has 12 heavy (non-hydrogen) atoms. The van der Waals surface area contributed by atoms with Crippen LogP contribution in [0.3, 0.4) is 0 Å². The summed E-state index contributed by atoms with van der Waals surface area (Å²) in [5.41, 5.74) is 0. The van der Waals surface area contributed by atoms with Crippen LogP contribution in [0.1, 0.15) is 32.1 Å². The van der Waals surface area contributed by atoms with E-state index in [4.69, 9.17) is 5.11 Å². The fraction of sp³-hybridized carbons (Fsp3) is 0.889. The van der Waals surface area contributed by atoms with Crippen molar-refractivity contribution in [3.05, 3.63) is 0 Å². The van der Waals surface area contributed by atoms with Crippen molar-refractivity contribution in [2.24, 2.45) is 0 Å². The molecule has 0 aromatic rings. The van der Waals surface area contributed by atoms with Gasteiger partial charge >= 0.3 is 0 Å². The van der Waals surface area contributed by atoms with E-state index in [0.29, 0.717) is 12.8 Å². The number of amides is 1. The molecular weight excluding hydrogens is 154 g/mol. The number of nitrogens with zero attached hydrogens (tertiary/aromatic N) is 1. The van der Waals surface area contributed by atoms with Gasteiger partial charge < -0.3 is 10.0 Å². The molecular formula is C9H17NO2. The third-order valence-electron chi connectivity index (χ3n) is 2.26. The molecule has 1 fully saturated rings. The highest BCUT2D eigenvalue weighted by Gasteiger charge is 2.15. The molecule has 1 N–H and O–H groups in total. The van der Waals surface area contributed by atoms with E-state index in [1.165, 1.54) is 6.42 Å². The number of piperidine rings is 1. The minimum atomic E-state index is 0.125. The molecule has 0 aromatic carbocycles. The Labute approximate surface area is 73.4 Å². The molecule has 0 saturated carbocycles. The fourth-order valence-corrected chi connectivity index (χ4v) is 1.53. The largest absolute Gasteiger partial charge is 0.396 e. The van der Waals surface area contributed by atoms with E-state index < -0.39 is 0 Å². The molecule has 0 aromatic heterocycles. The molecule has 1 aliphatic rings. The summed E-state index contributed by atoms with van der Waals surface area (Å²) in [7, 11) is 0. The average Bonchev–Trinajstić information content (AvgIpc) is 2.15. The number of carbonyl (C=O) groups excluding carboxylic acids is 1. The van der Waals surface area contributed by atoms with Gasteiger partial charge in [-0.1, -0.05) is 0 Å². The van der Waals surface area contributed by atoms with Crippen LogP contribution in [0.25, 0.3) is 0 Å². The summed E-state index contributed by atoms with van der Waals surface area (Å²) >= 11 is 0. The van der Waals surface area contributed by atoms with Crippen molar-refractivity contribution in [2.45, 2.75) is 32.1 Å². The van der Waals surface area contributed by atoms with Gasteiger partial charge in [-0.15, -0.1) is 0 Å². The zero-order chi connectivity index (χ0) is 8.81. The van der Waals surface area contributed by atoms with Gasteiger partial charge in [-0.2, -0.15) is 0 Å². The molecule has 1 amide bonds. The lowest BCUT2D eigenvalue weighted by Crippen LogP contribution is -2.35. The second kappa shape index (κ2) is 5.14. The maximum absolute atomic E-state index is 11.4. The van der Waals surface area contributed by atoms with Gasteiger partial charge in [0.05, 0.1) is 0 Å². The van der Waals surface area contributed by atoms with Crippen LogP contribution in [0.4, 0.5) is 0 Å². The molecule has 0 radical (unpaired) electrons. The average molecular weight is 171 g/mol. The lowest BCUT2D eigenvalue weighted by Gasteiger charge is -2.26. The predicted molar refractivity (Wildman–Crippen MR) is 46.8 cm³/mol. The topological polar surface area (TPSA) is 40.5 Å². The van der Waals surface area contributed by atoms with E-state index in [0.717, 1.165) is 25.9 Å².